The maximum atomic E-state index is 13.0. The molecule has 1 saturated heterocycles. The van der Waals surface area contributed by atoms with Crippen LogP contribution in [-0.4, -0.2) is 40.5 Å². The van der Waals surface area contributed by atoms with Crippen LogP contribution in [0.3, 0.4) is 0 Å². The van der Waals surface area contributed by atoms with E-state index in [1.54, 1.807) is 24.3 Å². The minimum atomic E-state index is -0.789. The highest BCUT2D eigenvalue weighted by Crippen LogP contribution is 2.30. The van der Waals surface area contributed by atoms with E-state index in [0.717, 1.165) is 0 Å². The maximum absolute atomic E-state index is 13.0. The number of carbonyl (C=O) groups is 5. The fourth-order valence-electron chi connectivity index (χ4n) is 3.69. The average Bonchev–Trinajstić information content (AvgIpc) is 3.04. The van der Waals surface area contributed by atoms with Gasteiger partial charge in [-0.05, 0) is 30.2 Å². The Morgan fingerprint density at radius 2 is 1.70 bits per heavy atom. The zero-order valence-corrected chi connectivity index (χ0v) is 16.4. The summed E-state index contributed by atoms with van der Waals surface area (Å²) in [5.74, 6) is -2.83. The summed E-state index contributed by atoms with van der Waals surface area (Å²) in [5, 5.41) is 4.68. The third kappa shape index (κ3) is 3.46. The molecule has 30 heavy (non-hydrogen) atoms. The second-order valence-corrected chi connectivity index (χ2v) is 7.41. The summed E-state index contributed by atoms with van der Waals surface area (Å²) < 4.78 is 0. The molecule has 1 unspecified atom stereocenters. The molecule has 0 aromatic heterocycles. The van der Waals surface area contributed by atoms with Gasteiger partial charge in [0.25, 0.3) is 17.7 Å². The molecule has 0 radical (unpaired) electrons. The van der Waals surface area contributed by atoms with E-state index in [1.165, 1.54) is 23.1 Å². The number of fused-ring (bicyclic) bond motifs is 1. The number of hydrogen-bond acceptors (Lipinski definition) is 5. The molecule has 0 aliphatic carbocycles. The lowest BCUT2D eigenvalue weighted by Crippen LogP contribution is -2.52. The van der Waals surface area contributed by atoms with Crippen molar-refractivity contribution in [3.8, 4) is 0 Å². The van der Waals surface area contributed by atoms with Gasteiger partial charge >= 0.3 is 0 Å². The summed E-state index contributed by atoms with van der Waals surface area (Å²) in [6.07, 6.45) is 0.354. The molecule has 1 atom stereocenters. The van der Waals surface area contributed by atoms with Gasteiger partial charge in [-0.15, -0.1) is 0 Å². The van der Waals surface area contributed by atoms with Gasteiger partial charge < -0.3 is 4.90 Å². The number of piperidine rings is 1. The first kappa shape index (κ1) is 19.8. The molecule has 2 heterocycles. The minimum absolute atomic E-state index is 0.0349. The van der Waals surface area contributed by atoms with Gasteiger partial charge in [-0.1, -0.05) is 35.9 Å². The monoisotopic (exact) mass is 425 g/mol. The molecule has 2 aromatic carbocycles. The zero-order valence-electron chi connectivity index (χ0n) is 15.6. The predicted molar refractivity (Wildman–Crippen MR) is 106 cm³/mol. The van der Waals surface area contributed by atoms with Crippen LogP contribution in [0.5, 0.6) is 0 Å². The smallest absolute Gasteiger partial charge is 0.259 e. The molecule has 2 aromatic rings. The molecule has 8 nitrogen and oxygen atoms in total. The Bertz CT molecular complexity index is 1110. The molecule has 0 bridgehead atoms. The Labute approximate surface area is 176 Å². The number of hydrogen-bond donors (Lipinski definition) is 2. The summed E-state index contributed by atoms with van der Waals surface area (Å²) in [5.41, 5.74) is 0.887. The molecule has 0 spiro atoms. The van der Waals surface area contributed by atoms with Crippen LogP contribution in [0.1, 0.15) is 49.5 Å². The van der Waals surface area contributed by atoms with Crippen LogP contribution in [-0.2, 0) is 16.1 Å². The van der Waals surface area contributed by atoms with Crippen molar-refractivity contribution < 1.29 is 24.0 Å². The highest BCUT2D eigenvalue weighted by Gasteiger charge is 2.40. The Balaban J connectivity index is 1.58. The molecular weight excluding hydrogens is 410 g/mol. The van der Waals surface area contributed by atoms with Gasteiger partial charge in [0.15, 0.2) is 0 Å². The Hall–Kier alpha value is -3.52. The summed E-state index contributed by atoms with van der Waals surface area (Å²) in [6.45, 7) is 0.139. The van der Waals surface area contributed by atoms with Crippen molar-refractivity contribution in [1.82, 2.24) is 15.5 Å². The van der Waals surface area contributed by atoms with E-state index >= 15 is 0 Å². The van der Waals surface area contributed by atoms with Crippen molar-refractivity contribution in [3.05, 3.63) is 69.7 Å². The summed E-state index contributed by atoms with van der Waals surface area (Å²) >= 11 is 6.00. The van der Waals surface area contributed by atoms with Crippen LogP contribution in [0.25, 0.3) is 0 Å². The van der Waals surface area contributed by atoms with Gasteiger partial charge in [0.1, 0.15) is 6.04 Å². The molecule has 9 heteroatoms. The molecule has 2 N–H and O–H groups in total. The fourth-order valence-corrected chi connectivity index (χ4v) is 3.91. The van der Waals surface area contributed by atoms with E-state index in [9.17, 15) is 24.0 Å². The number of nitrogens with zero attached hydrogens (tertiary/aromatic N) is 1. The van der Waals surface area contributed by atoms with Gasteiger partial charge in [0.05, 0.1) is 21.7 Å². The molecule has 5 amide bonds. The van der Waals surface area contributed by atoms with Crippen LogP contribution in [0.15, 0.2) is 42.5 Å². The van der Waals surface area contributed by atoms with Gasteiger partial charge in [-0.3, -0.25) is 34.6 Å². The number of imide groups is 2. The van der Waals surface area contributed by atoms with Crippen molar-refractivity contribution in [2.75, 3.05) is 0 Å². The lowest BCUT2D eigenvalue weighted by molar-refractivity contribution is -0.136. The maximum Gasteiger partial charge on any atom is 0.259 e. The first-order chi connectivity index (χ1) is 14.4. The van der Waals surface area contributed by atoms with Gasteiger partial charge in [0.2, 0.25) is 11.8 Å². The van der Waals surface area contributed by atoms with Crippen LogP contribution < -0.4 is 10.6 Å². The van der Waals surface area contributed by atoms with Crippen LogP contribution in [0, 0.1) is 0 Å². The number of benzene rings is 2. The van der Waals surface area contributed by atoms with Gasteiger partial charge in [-0.25, -0.2) is 0 Å². The molecule has 2 aliphatic heterocycles. The second kappa shape index (κ2) is 7.72. The van der Waals surface area contributed by atoms with Crippen molar-refractivity contribution >= 4 is 41.1 Å². The molecule has 0 saturated carbocycles. The van der Waals surface area contributed by atoms with Crippen molar-refractivity contribution in [2.45, 2.75) is 25.4 Å². The zero-order chi connectivity index (χ0) is 21.4. The summed E-state index contributed by atoms with van der Waals surface area (Å²) in [7, 11) is 0. The van der Waals surface area contributed by atoms with Crippen LogP contribution >= 0.6 is 11.6 Å². The largest absolute Gasteiger partial charge is 0.322 e. The highest BCUT2D eigenvalue weighted by molar-refractivity contribution is 6.34. The predicted octanol–water partition coefficient (Wildman–Crippen LogP) is 1.67. The van der Waals surface area contributed by atoms with Crippen molar-refractivity contribution in [1.29, 1.82) is 0 Å². The lowest BCUT2D eigenvalue weighted by Gasteiger charge is -2.29. The number of amides is 5. The topological polar surface area (TPSA) is 113 Å². The minimum Gasteiger partial charge on any atom is -0.322 e. The first-order valence-corrected chi connectivity index (χ1v) is 9.61. The Morgan fingerprint density at radius 3 is 2.43 bits per heavy atom. The molecule has 4 rings (SSSR count). The van der Waals surface area contributed by atoms with E-state index in [-0.39, 0.29) is 47.0 Å². The number of nitrogens with one attached hydrogen (secondary N) is 2. The summed E-state index contributed by atoms with van der Waals surface area (Å²) in [4.78, 5) is 63.1. The lowest BCUT2D eigenvalue weighted by atomic mass is 10.0. The van der Waals surface area contributed by atoms with Gasteiger partial charge in [-0.2, -0.15) is 0 Å². The summed E-state index contributed by atoms with van der Waals surface area (Å²) in [6, 6.07) is 10.2. The van der Waals surface area contributed by atoms with E-state index in [0.29, 0.717) is 5.56 Å². The van der Waals surface area contributed by atoms with E-state index < -0.39 is 29.7 Å². The third-order valence-corrected chi connectivity index (χ3v) is 5.47. The quantitative estimate of drug-likeness (QED) is 0.726. The van der Waals surface area contributed by atoms with Gasteiger partial charge in [0, 0.05) is 13.0 Å². The van der Waals surface area contributed by atoms with Crippen molar-refractivity contribution in [3.63, 3.8) is 0 Å². The Morgan fingerprint density at radius 1 is 1.00 bits per heavy atom. The third-order valence-electron chi connectivity index (χ3n) is 5.14. The highest BCUT2D eigenvalue weighted by atomic mass is 35.5. The first-order valence-electron chi connectivity index (χ1n) is 9.23. The molecule has 1 fully saturated rings. The van der Waals surface area contributed by atoms with E-state index in [1.807, 2.05) is 0 Å². The number of rotatable bonds is 3. The standard InChI is InChI=1S/C21H16ClN3O5/c22-14-7-2-1-5-12(14)18(27)24-19(28)13-6-3-4-11-10-25(21(30)17(11)13)15-8-9-16(26)23-20(15)29/h1-7,15H,8-10H2,(H,23,26,29)(H,24,27,28). The normalized spacial score (nSPS) is 18.1. The van der Waals surface area contributed by atoms with E-state index in [4.69, 9.17) is 11.6 Å². The average molecular weight is 426 g/mol. The second-order valence-electron chi connectivity index (χ2n) is 7.00. The molecular formula is C21H16ClN3O5. The number of halogens is 1. The molecule has 2 aliphatic rings. The Kier molecular flexibility index (Phi) is 5.09. The SMILES string of the molecule is O=C1CCC(N2Cc3cccc(C(=O)NC(=O)c4ccccc4Cl)c3C2=O)C(=O)N1. The van der Waals surface area contributed by atoms with Crippen LogP contribution in [0.4, 0.5) is 0 Å². The fraction of sp³-hybridized carbons (Fsp3) is 0.190. The number of carbonyl (C=O) groups excluding carboxylic acids is 5. The van der Waals surface area contributed by atoms with Crippen LogP contribution in [0.2, 0.25) is 5.02 Å². The van der Waals surface area contributed by atoms with Crippen molar-refractivity contribution in [2.24, 2.45) is 0 Å². The molecule has 152 valence electrons. The van der Waals surface area contributed by atoms with E-state index in [2.05, 4.69) is 10.6 Å².